The zero-order chi connectivity index (χ0) is 13.4. The number of hydrogen-bond donors (Lipinski definition) is 0. The molecular weight excluding hydrogens is 242 g/mol. The number of carbonyl (C=O) groups excluding carboxylic acids is 1. The van der Waals surface area contributed by atoms with Crippen LogP contribution < -0.4 is 0 Å². The minimum atomic E-state index is -1.14. The van der Waals surface area contributed by atoms with Crippen molar-refractivity contribution in [3.8, 4) is 0 Å². The van der Waals surface area contributed by atoms with E-state index in [4.69, 9.17) is 4.74 Å². The Labute approximate surface area is 111 Å². The van der Waals surface area contributed by atoms with Gasteiger partial charge in [0.2, 0.25) is 0 Å². The van der Waals surface area contributed by atoms with Gasteiger partial charge in [-0.1, -0.05) is 43.9 Å². The standard InChI is InChI=1S/C14H23NO2Si/c1-14-8-5-6-12(7-9-14)15(14)13(16)17-10-11-18(2,3)4/h5,7-9,12H,6,10-11H2,1-4H3. The van der Waals surface area contributed by atoms with Gasteiger partial charge in [0.15, 0.2) is 0 Å². The fourth-order valence-corrected chi connectivity index (χ4v) is 3.16. The maximum absolute atomic E-state index is 12.2. The molecule has 0 aromatic rings. The van der Waals surface area contributed by atoms with Gasteiger partial charge in [0.05, 0.1) is 18.2 Å². The molecule has 4 heteroatoms. The lowest BCUT2D eigenvalue weighted by Crippen LogP contribution is -2.50. The topological polar surface area (TPSA) is 29.5 Å². The second-order valence-corrected chi connectivity index (χ2v) is 12.2. The summed E-state index contributed by atoms with van der Waals surface area (Å²) < 4.78 is 5.45. The molecule has 1 amide bonds. The molecule has 2 bridgehead atoms. The molecule has 0 saturated heterocycles. The van der Waals surface area contributed by atoms with Crippen molar-refractivity contribution in [2.24, 2.45) is 0 Å². The van der Waals surface area contributed by atoms with Crippen LogP contribution >= 0.6 is 0 Å². The first-order chi connectivity index (χ1) is 8.32. The summed E-state index contributed by atoms with van der Waals surface area (Å²) in [4.78, 5) is 14.1. The van der Waals surface area contributed by atoms with Crippen LogP contribution in [0.4, 0.5) is 4.79 Å². The van der Waals surface area contributed by atoms with Crippen molar-refractivity contribution in [1.29, 1.82) is 0 Å². The summed E-state index contributed by atoms with van der Waals surface area (Å²) in [7, 11) is -1.14. The largest absolute Gasteiger partial charge is 0.450 e. The fraction of sp³-hybridized carbons (Fsp3) is 0.643. The molecule has 0 aromatic heterocycles. The first-order valence-corrected chi connectivity index (χ1v) is 10.4. The van der Waals surface area contributed by atoms with E-state index in [1.807, 2.05) is 4.90 Å². The van der Waals surface area contributed by atoms with Crippen molar-refractivity contribution in [2.45, 2.75) is 50.6 Å². The molecule has 0 radical (unpaired) electrons. The van der Waals surface area contributed by atoms with Gasteiger partial charge in [0.25, 0.3) is 0 Å². The normalized spacial score (nSPS) is 29.8. The summed E-state index contributed by atoms with van der Waals surface area (Å²) >= 11 is 0. The average molecular weight is 265 g/mol. The molecule has 0 saturated carbocycles. The van der Waals surface area contributed by atoms with Crippen molar-refractivity contribution in [2.75, 3.05) is 6.61 Å². The second-order valence-electron chi connectivity index (χ2n) is 6.59. The summed E-state index contributed by atoms with van der Waals surface area (Å²) in [6.45, 7) is 9.47. The Balaban J connectivity index is 1.93. The third-order valence-corrected chi connectivity index (χ3v) is 5.32. The van der Waals surface area contributed by atoms with E-state index < -0.39 is 8.07 Å². The van der Waals surface area contributed by atoms with Gasteiger partial charge in [-0.25, -0.2) is 4.79 Å². The van der Waals surface area contributed by atoms with E-state index in [0.29, 0.717) is 6.61 Å². The van der Waals surface area contributed by atoms with Crippen molar-refractivity contribution in [3.63, 3.8) is 0 Å². The quantitative estimate of drug-likeness (QED) is 0.578. The zero-order valence-electron chi connectivity index (χ0n) is 11.8. The third kappa shape index (κ3) is 2.69. The smallest absolute Gasteiger partial charge is 0.411 e. The van der Waals surface area contributed by atoms with Crippen LogP contribution in [-0.4, -0.2) is 37.3 Å². The van der Waals surface area contributed by atoms with Gasteiger partial charge in [-0.05, 0) is 19.4 Å². The zero-order valence-corrected chi connectivity index (χ0v) is 12.8. The molecule has 3 nitrogen and oxygen atoms in total. The second kappa shape index (κ2) is 4.57. The molecule has 2 aliphatic rings. The summed E-state index contributed by atoms with van der Waals surface area (Å²) in [6.07, 6.45) is 9.18. The van der Waals surface area contributed by atoms with E-state index >= 15 is 0 Å². The molecule has 18 heavy (non-hydrogen) atoms. The van der Waals surface area contributed by atoms with Gasteiger partial charge >= 0.3 is 6.09 Å². The van der Waals surface area contributed by atoms with E-state index in [9.17, 15) is 4.79 Å². The minimum absolute atomic E-state index is 0.171. The van der Waals surface area contributed by atoms with Crippen LogP contribution in [0.1, 0.15) is 13.3 Å². The van der Waals surface area contributed by atoms with Gasteiger partial charge in [0.1, 0.15) is 0 Å². The van der Waals surface area contributed by atoms with Crippen molar-refractivity contribution >= 4 is 14.2 Å². The van der Waals surface area contributed by atoms with Crippen LogP contribution in [-0.2, 0) is 4.74 Å². The molecule has 0 aromatic carbocycles. The number of amides is 1. The molecule has 100 valence electrons. The SMILES string of the molecule is CC12C=CCC(C=C1)N2C(=O)OCC[Si](C)(C)C. The molecule has 0 fully saturated rings. The summed E-state index contributed by atoms with van der Waals surface area (Å²) in [5.41, 5.74) is -0.279. The molecule has 2 heterocycles. The van der Waals surface area contributed by atoms with Crippen LogP contribution in [0.25, 0.3) is 0 Å². The molecule has 0 aliphatic carbocycles. The maximum atomic E-state index is 12.2. The van der Waals surface area contributed by atoms with Crippen LogP contribution in [0.3, 0.4) is 0 Å². The molecule has 0 N–H and O–H groups in total. The highest BCUT2D eigenvalue weighted by Crippen LogP contribution is 2.35. The molecule has 2 atom stereocenters. The summed E-state index contributed by atoms with van der Waals surface area (Å²) in [5.74, 6) is 0. The lowest BCUT2D eigenvalue weighted by molar-refractivity contribution is 0.0780. The van der Waals surface area contributed by atoms with Crippen molar-refractivity contribution in [3.05, 3.63) is 24.3 Å². The number of ether oxygens (including phenoxy) is 1. The molecule has 2 unspecified atom stereocenters. The average Bonchev–Trinajstić information content (AvgIpc) is 2.43. The summed E-state index contributed by atoms with van der Waals surface area (Å²) in [5, 5.41) is 0. The van der Waals surface area contributed by atoms with Crippen LogP contribution in [0.5, 0.6) is 0 Å². The van der Waals surface area contributed by atoms with E-state index in [-0.39, 0.29) is 17.7 Å². The predicted molar refractivity (Wildman–Crippen MR) is 76.4 cm³/mol. The maximum Gasteiger partial charge on any atom is 0.411 e. The van der Waals surface area contributed by atoms with E-state index in [0.717, 1.165) is 12.5 Å². The number of carbonyl (C=O) groups is 1. The monoisotopic (exact) mass is 265 g/mol. The molecular formula is C14H23NO2Si. The van der Waals surface area contributed by atoms with Gasteiger partial charge in [-0.2, -0.15) is 0 Å². The van der Waals surface area contributed by atoms with E-state index in [1.165, 1.54) is 0 Å². The number of fused-ring (bicyclic) bond motifs is 2. The Morgan fingerprint density at radius 3 is 2.78 bits per heavy atom. The fourth-order valence-electron chi connectivity index (χ4n) is 2.44. The van der Waals surface area contributed by atoms with E-state index in [2.05, 4.69) is 50.9 Å². The lowest BCUT2D eigenvalue weighted by Gasteiger charge is -2.38. The Bertz CT molecular complexity index is 393. The van der Waals surface area contributed by atoms with Gasteiger partial charge < -0.3 is 4.74 Å². The molecule has 0 spiro atoms. The van der Waals surface area contributed by atoms with E-state index in [1.54, 1.807) is 0 Å². The molecule has 2 rings (SSSR count). The first kappa shape index (κ1) is 13.4. The van der Waals surface area contributed by atoms with Gasteiger partial charge in [-0.3, -0.25) is 4.90 Å². The Hall–Kier alpha value is -1.03. The van der Waals surface area contributed by atoms with Gasteiger partial charge in [-0.15, -0.1) is 0 Å². The Morgan fingerprint density at radius 2 is 2.17 bits per heavy atom. The first-order valence-electron chi connectivity index (χ1n) is 6.65. The van der Waals surface area contributed by atoms with Crippen LogP contribution in [0, 0.1) is 0 Å². The third-order valence-electron chi connectivity index (χ3n) is 3.61. The van der Waals surface area contributed by atoms with Crippen molar-refractivity contribution in [1.82, 2.24) is 4.90 Å². The Kier molecular flexibility index (Phi) is 3.40. The Morgan fingerprint density at radius 1 is 1.44 bits per heavy atom. The predicted octanol–water partition coefficient (Wildman–Crippen LogP) is 3.42. The highest BCUT2D eigenvalue weighted by molar-refractivity contribution is 6.76. The van der Waals surface area contributed by atoms with Crippen molar-refractivity contribution < 1.29 is 9.53 Å². The van der Waals surface area contributed by atoms with Gasteiger partial charge in [0, 0.05) is 8.07 Å². The van der Waals surface area contributed by atoms with Crippen LogP contribution in [0.2, 0.25) is 25.7 Å². The minimum Gasteiger partial charge on any atom is -0.450 e. The lowest BCUT2D eigenvalue weighted by atomic mass is 9.98. The number of hydrogen-bond acceptors (Lipinski definition) is 2. The number of rotatable bonds is 3. The molecule has 2 aliphatic heterocycles. The highest BCUT2D eigenvalue weighted by Gasteiger charge is 2.42. The highest BCUT2D eigenvalue weighted by atomic mass is 28.3. The summed E-state index contributed by atoms with van der Waals surface area (Å²) in [6, 6.07) is 1.21. The van der Waals surface area contributed by atoms with Crippen LogP contribution in [0.15, 0.2) is 24.3 Å². The number of nitrogens with zero attached hydrogens (tertiary/aromatic N) is 1.